The highest BCUT2D eigenvalue weighted by atomic mass is 14.8. The Balaban J connectivity index is 1.45. The van der Waals surface area contributed by atoms with Gasteiger partial charge in [0.15, 0.2) is 0 Å². The molecule has 4 fully saturated rings. The summed E-state index contributed by atoms with van der Waals surface area (Å²) in [6.45, 7) is 0. The number of hydrogen-bond acceptors (Lipinski definition) is 0. The van der Waals surface area contributed by atoms with E-state index in [2.05, 4.69) is 65.6 Å². The fourth-order valence-electron chi connectivity index (χ4n) is 10.0. The van der Waals surface area contributed by atoms with Crippen LogP contribution < -0.4 is 0 Å². The van der Waals surface area contributed by atoms with Crippen LogP contribution in [0.1, 0.15) is 43.2 Å². The van der Waals surface area contributed by atoms with E-state index < -0.39 is 0 Å². The van der Waals surface area contributed by atoms with Gasteiger partial charge in [0.25, 0.3) is 0 Å². The Kier molecular flexibility index (Phi) is 2.31. The van der Waals surface area contributed by atoms with Gasteiger partial charge in [-0.25, -0.2) is 0 Å². The van der Waals surface area contributed by atoms with Crippen LogP contribution in [0.25, 0.3) is 32.9 Å². The topological polar surface area (TPSA) is 15.8 Å². The average Bonchev–Trinajstić information content (AvgIpc) is 3.43. The van der Waals surface area contributed by atoms with E-state index in [0.29, 0.717) is 5.41 Å². The maximum Gasteiger partial charge on any atom is 0.0513 e. The summed E-state index contributed by atoms with van der Waals surface area (Å²) in [5, 5.41) is 2.81. The Hall–Kier alpha value is -2.54. The van der Waals surface area contributed by atoms with E-state index in [0.717, 1.165) is 23.7 Å². The zero-order valence-corrected chi connectivity index (χ0v) is 17.1. The second-order valence-electron chi connectivity index (χ2n) is 11.2. The molecule has 4 aromatic rings. The highest BCUT2D eigenvalue weighted by Crippen LogP contribution is 2.85. The molecule has 1 N–H and O–H groups in total. The third-order valence-corrected chi connectivity index (χ3v) is 10.4. The van der Waals surface area contributed by atoms with Crippen LogP contribution in [0, 0.1) is 29.1 Å². The van der Waals surface area contributed by atoms with Crippen LogP contribution in [0.4, 0.5) is 0 Å². The number of hydrogen-bond donors (Lipinski definition) is 1. The number of aromatic nitrogens is 1. The van der Waals surface area contributed by atoms with Crippen LogP contribution in [0.5, 0.6) is 0 Å². The van der Waals surface area contributed by atoms with Crippen molar-refractivity contribution in [3.63, 3.8) is 0 Å². The molecule has 1 heterocycles. The standard InChI is InChI=1S/C29H25N/c1-3-7-22-18(5-1)20-9-10-21-19-6-2-4-8-23(19)30-27(21)26(20)29(22)24-12-16-11-17-13-25(29)28(24,14-16)15-17/h1-10,16-17,24-25,30H,11-15H2. The van der Waals surface area contributed by atoms with Gasteiger partial charge in [-0.3, -0.25) is 0 Å². The number of fused-ring (bicyclic) bond motifs is 13. The molecule has 9 rings (SSSR count). The highest BCUT2D eigenvalue weighted by molar-refractivity contribution is 6.11. The molecule has 1 aromatic heterocycles. The van der Waals surface area contributed by atoms with Crippen molar-refractivity contribution in [1.82, 2.24) is 4.98 Å². The average molecular weight is 388 g/mol. The molecule has 0 saturated heterocycles. The Morgan fingerprint density at radius 2 is 1.47 bits per heavy atom. The molecule has 5 aliphatic carbocycles. The largest absolute Gasteiger partial charge is 0.354 e. The minimum absolute atomic E-state index is 0.260. The lowest BCUT2D eigenvalue weighted by atomic mass is 9.38. The summed E-state index contributed by atoms with van der Waals surface area (Å²) in [5.41, 5.74) is 10.0. The van der Waals surface area contributed by atoms with Gasteiger partial charge in [-0.2, -0.15) is 0 Å². The lowest BCUT2D eigenvalue weighted by molar-refractivity contribution is -0.0813. The number of nitrogens with one attached hydrogen (secondary N) is 1. The van der Waals surface area contributed by atoms with Crippen molar-refractivity contribution < 1.29 is 0 Å². The van der Waals surface area contributed by atoms with E-state index >= 15 is 0 Å². The van der Waals surface area contributed by atoms with Crippen molar-refractivity contribution in [3.8, 4) is 11.1 Å². The van der Waals surface area contributed by atoms with Crippen molar-refractivity contribution in [1.29, 1.82) is 0 Å². The quantitative estimate of drug-likeness (QED) is 0.333. The Morgan fingerprint density at radius 3 is 2.33 bits per heavy atom. The lowest BCUT2D eigenvalue weighted by Crippen LogP contribution is -2.62. The van der Waals surface area contributed by atoms with Crippen LogP contribution in [-0.2, 0) is 5.41 Å². The minimum Gasteiger partial charge on any atom is -0.354 e. The van der Waals surface area contributed by atoms with Gasteiger partial charge in [-0.15, -0.1) is 0 Å². The van der Waals surface area contributed by atoms with Gasteiger partial charge in [-0.05, 0) is 89.5 Å². The normalized spacial score (nSPS) is 38.9. The number of rotatable bonds is 0. The fraction of sp³-hybridized carbons (Fsp3) is 0.379. The first-order valence-electron chi connectivity index (χ1n) is 11.9. The zero-order chi connectivity index (χ0) is 19.2. The molecular weight excluding hydrogens is 362 g/mol. The van der Waals surface area contributed by atoms with Crippen LogP contribution in [0.15, 0.2) is 60.7 Å². The SMILES string of the molecule is c1ccc2c(c1)-c1ccc3c([nH]c4ccccc43)c1C21C2CC3CC4CC1C2(C3)C4. The van der Waals surface area contributed by atoms with E-state index in [1.165, 1.54) is 65.0 Å². The molecule has 1 heteroatoms. The first kappa shape index (κ1) is 15.3. The Labute approximate surface area is 176 Å². The third kappa shape index (κ3) is 1.34. The molecule has 4 unspecified atom stereocenters. The molecule has 3 bridgehead atoms. The van der Waals surface area contributed by atoms with Gasteiger partial charge in [0, 0.05) is 21.7 Å². The zero-order valence-electron chi connectivity index (χ0n) is 17.1. The van der Waals surface area contributed by atoms with Gasteiger partial charge in [0.05, 0.1) is 5.52 Å². The summed E-state index contributed by atoms with van der Waals surface area (Å²) < 4.78 is 0. The number of benzene rings is 3. The Morgan fingerprint density at radius 1 is 0.700 bits per heavy atom. The summed E-state index contributed by atoms with van der Waals surface area (Å²) in [4.78, 5) is 3.92. The summed E-state index contributed by atoms with van der Waals surface area (Å²) in [6, 6.07) is 23.2. The molecule has 0 amide bonds. The van der Waals surface area contributed by atoms with Gasteiger partial charge in [-0.1, -0.05) is 54.6 Å². The van der Waals surface area contributed by atoms with Crippen LogP contribution in [0.3, 0.4) is 0 Å². The first-order chi connectivity index (χ1) is 14.8. The molecular formula is C29H25N. The van der Waals surface area contributed by atoms with Crippen LogP contribution in [0.2, 0.25) is 0 Å². The molecule has 4 saturated carbocycles. The maximum atomic E-state index is 3.92. The molecule has 1 nitrogen and oxygen atoms in total. The first-order valence-corrected chi connectivity index (χ1v) is 11.9. The summed E-state index contributed by atoms with van der Waals surface area (Å²) >= 11 is 0. The van der Waals surface area contributed by atoms with E-state index in [9.17, 15) is 0 Å². The highest BCUT2D eigenvalue weighted by Gasteiger charge is 2.79. The summed E-state index contributed by atoms with van der Waals surface area (Å²) in [6.07, 6.45) is 7.52. The van der Waals surface area contributed by atoms with Gasteiger partial charge in [0.2, 0.25) is 0 Å². The summed E-state index contributed by atoms with van der Waals surface area (Å²) in [7, 11) is 0. The predicted molar refractivity (Wildman–Crippen MR) is 121 cm³/mol. The number of H-pyrrole nitrogens is 1. The van der Waals surface area contributed by atoms with Crippen molar-refractivity contribution >= 4 is 21.8 Å². The predicted octanol–water partition coefficient (Wildman–Crippen LogP) is 7.04. The van der Waals surface area contributed by atoms with Crippen molar-refractivity contribution in [3.05, 3.63) is 71.8 Å². The molecule has 0 radical (unpaired) electrons. The Bertz CT molecular complexity index is 1400. The maximum absolute atomic E-state index is 3.92. The smallest absolute Gasteiger partial charge is 0.0513 e. The van der Waals surface area contributed by atoms with Crippen LogP contribution >= 0.6 is 0 Å². The molecule has 3 aromatic carbocycles. The molecule has 2 spiro atoms. The third-order valence-electron chi connectivity index (χ3n) is 10.4. The molecule has 146 valence electrons. The second-order valence-corrected chi connectivity index (χ2v) is 11.2. The number of aromatic amines is 1. The molecule has 0 aliphatic heterocycles. The van der Waals surface area contributed by atoms with E-state index in [1.54, 1.807) is 11.1 Å². The van der Waals surface area contributed by atoms with E-state index in [-0.39, 0.29) is 5.41 Å². The summed E-state index contributed by atoms with van der Waals surface area (Å²) in [5.74, 6) is 3.70. The molecule has 30 heavy (non-hydrogen) atoms. The van der Waals surface area contributed by atoms with Crippen molar-refractivity contribution in [2.24, 2.45) is 29.1 Å². The lowest BCUT2D eigenvalue weighted by Gasteiger charge is -2.64. The molecule has 5 aliphatic rings. The fourth-order valence-corrected chi connectivity index (χ4v) is 10.0. The van der Waals surface area contributed by atoms with Gasteiger partial charge in [0.1, 0.15) is 0 Å². The second kappa shape index (κ2) is 4.54. The van der Waals surface area contributed by atoms with E-state index in [1.807, 2.05) is 0 Å². The minimum atomic E-state index is 0.260. The monoisotopic (exact) mass is 387 g/mol. The van der Waals surface area contributed by atoms with Crippen molar-refractivity contribution in [2.45, 2.75) is 37.5 Å². The van der Waals surface area contributed by atoms with E-state index in [4.69, 9.17) is 0 Å². The van der Waals surface area contributed by atoms with Crippen LogP contribution in [-0.4, -0.2) is 4.98 Å². The van der Waals surface area contributed by atoms with Gasteiger partial charge < -0.3 is 4.98 Å². The molecule has 4 atom stereocenters. The number of para-hydroxylation sites is 1. The van der Waals surface area contributed by atoms with Gasteiger partial charge >= 0.3 is 0 Å². The van der Waals surface area contributed by atoms with Crippen molar-refractivity contribution in [2.75, 3.05) is 0 Å².